The van der Waals surface area contributed by atoms with Gasteiger partial charge >= 0.3 is 0 Å². The van der Waals surface area contributed by atoms with Crippen LogP contribution in [0.25, 0.3) is 11.1 Å². The minimum atomic E-state index is -0.989. The number of para-hydroxylation sites is 1. The lowest BCUT2D eigenvalue weighted by molar-refractivity contribution is -0.119. The molecular formula is C23H23N3O2. The highest BCUT2D eigenvalue weighted by molar-refractivity contribution is 5.99. The largest absolute Gasteiger partial charge is 0.361 e. The van der Waals surface area contributed by atoms with Crippen molar-refractivity contribution in [2.45, 2.75) is 18.8 Å². The Labute approximate surface area is 164 Å². The zero-order valence-electron chi connectivity index (χ0n) is 15.5. The summed E-state index contributed by atoms with van der Waals surface area (Å²) in [6.45, 7) is 0.624. The van der Waals surface area contributed by atoms with Gasteiger partial charge in [0.25, 0.3) is 0 Å². The van der Waals surface area contributed by atoms with Crippen LogP contribution >= 0.6 is 0 Å². The number of hydrogen-bond donors (Lipinski definition) is 3. The summed E-state index contributed by atoms with van der Waals surface area (Å²) in [5.41, 5.74) is 3.94. The van der Waals surface area contributed by atoms with Crippen LogP contribution < -0.4 is 15.5 Å². The standard InChI is InChI=1S/C23H23N3O2/c27-22-21(25-23(28)24-19-9-5-2-6-10-19)15-16-26(22)20-13-11-18(12-14-20)17-7-3-1-4-8-17/h1-14,21,23-25,28H,15-16H2. The summed E-state index contributed by atoms with van der Waals surface area (Å²) in [7, 11) is 0. The molecule has 1 saturated heterocycles. The third-order valence-corrected chi connectivity index (χ3v) is 4.93. The number of hydrogen-bond acceptors (Lipinski definition) is 4. The second kappa shape index (κ2) is 8.25. The highest BCUT2D eigenvalue weighted by Crippen LogP contribution is 2.26. The molecule has 5 nitrogen and oxygen atoms in total. The first kappa shape index (κ1) is 18.2. The van der Waals surface area contributed by atoms with E-state index >= 15 is 0 Å². The fourth-order valence-corrected chi connectivity index (χ4v) is 3.48. The number of rotatable bonds is 6. The minimum Gasteiger partial charge on any atom is -0.361 e. The second-order valence-corrected chi connectivity index (χ2v) is 6.82. The maximum absolute atomic E-state index is 12.8. The zero-order chi connectivity index (χ0) is 19.3. The molecule has 0 aromatic heterocycles. The molecule has 142 valence electrons. The predicted octanol–water partition coefficient (Wildman–Crippen LogP) is 3.44. The highest BCUT2D eigenvalue weighted by Gasteiger charge is 2.33. The molecule has 5 heteroatoms. The minimum absolute atomic E-state index is 0.0265. The van der Waals surface area contributed by atoms with Gasteiger partial charge in [0.2, 0.25) is 5.91 Å². The van der Waals surface area contributed by atoms with E-state index in [1.165, 1.54) is 0 Å². The Balaban J connectivity index is 1.38. The number of nitrogens with one attached hydrogen (secondary N) is 2. The Kier molecular flexibility index (Phi) is 5.37. The number of aliphatic hydroxyl groups excluding tert-OH is 1. The van der Waals surface area contributed by atoms with Gasteiger partial charge in [0.15, 0.2) is 6.35 Å². The summed E-state index contributed by atoms with van der Waals surface area (Å²) in [6, 6.07) is 27.2. The molecule has 0 spiro atoms. The van der Waals surface area contributed by atoms with E-state index in [0.29, 0.717) is 13.0 Å². The van der Waals surface area contributed by atoms with E-state index in [-0.39, 0.29) is 5.91 Å². The molecule has 0 aliphatic carbocycles. The number of benzene rings is 3. The van der Waals surface area contributed by atoms with Gasteiger partial charge in [0.05, 0.1) is 6.04 Å². The number of carbonyl (C=O) groups is 1. The van der Waals surface area contributed by atoms with E-state index in [4.69, 9.17) is 0 Å². The van der Waals surface area contributed by atoms with Crippen molar-refractivity contribution >= 4 is 17.3 Å². The van der Waals surface area contributed by atoms with Crippen molar-refractivity contribution in [3.8, 4) is 11.1 Å². The first-order valence-electron chi connectivity index (χ1n) is 9.43. The molecule has 0 saturated carbocycles. The van der Waals surface area contributed by atoms with E-state index in [1.807, 2.05) is 72.8 Å². The molecule has 3 N–H and O–H groups in total. The number of amides is 1. The maximum Gasteiger partial charge on any atom is 0.244 e. The van der Waals surface area contributed by atoms with E-state index in [2.05, 4.69) is 22.8 Å². The van der Waals surface area contributed by atoms with Crippen LogP contribution in [0.5, 0.6) is 0 Å². The lowest BCUT2D eigenvalue weighted by atomic mass is 10.1. The monoisotopic (exact) mass is 373 g/mol. The molecule has 28 heavy (non-hydrogen) atoms. The maximum atomic E-state index is 12.8. The molecule has 1 aliphatic rings. The van der Waals surface area contributed by atoms with E-state index in [1.54, 1.807) is 4.90 Å². The SMILES string of the molecule is O=C1C(NC(O)Nc2ccccc2)CCN1c1ccc(-c2ccccc2)cc1. The van der Waals surface area contributed by atoms with Crippen molar-refractivity contribution in [3.63, 3.8) is 0 Å². The molecule has 0 radical (unpaired) electrons. The summed E-state index contributed by atoms with van der Waals surface area (Å²) in [5, 5.41) is 16.1. The summed E-state index contributed by atoms with van der Waals surface area (Å²) in [6.07, 6.45) is -0.343. The van der Waals surface area contributed by atoms with Gasteiger partial charge in [0.1, 0.15) is 0 Å². The molecule has 1 fully saturated rings. The average molecular weight is 373 g/mol. The zero-order valence-corrected chi connectivity index (χ0v) is 15.5. The molecule has 1 heterocycles. The van der Waals surface area contributed by atoms with Crippen LogP contribution in [-0.2, 0) is 4.79 Å². The Morgan fingerprint density at radius 2 is 1.46 bits per heavy atom. The van der Waals surface area contributed by atoms with Crippen LogP contribution in [0.1, 0.15) is 6.42 Å². The molecule has 3 aromatic carbocycles. The van der Waals surface area contributed by atoms with Crippen LogP contribution in [0.3, 0.4) is 0 Å². The van der Waals surface area contributed by atoms with Crippen LogP contribution in [0.2, 0.25) is 0 Å². The van der Waals surface area contributed by atoms with Crippen LogP contribution in [0.4, 0.5) is 11.4 Å². The Bertz CT molecular complexity index is 914. The number of aliphatic hydroxyl groups is 1. The Morgan fingerprint density at radius 1 is 0.857 bits per heavy atom. The van der Waals surface area contributed by atoms with E-state index in [9.17, 15) is 9.90 Å². The summed E-state index contributed by atoms with van der Waals surface area (Å²) in [5.74, 6) is -0.0265. The van der Waals surface area contributed by atoms with E-state index < -0.39 is 12.4 Å². The first-order chi connectivity index (χ1) is 13.7. The van der Waals surface area contributed by atoms with Gasteiger partial charge in [-0.25, -0.2) is 0 Å². The van der Waals surface area contributed by atoms with Gasteiger partial charge in [-0.05, 0) is 41.8 Å². The second-order valence-electron chi connectivity index (χ2n) is 6.82. The molecule has 2 unspecified atom stereocenters. The third kappa shape index (κ3) is 4.06. The summed E-state index contributed by atoms with van der Waals surface area (Å²) < 4.78 is 0. The van der Waals surface area contributed by atoms with E-state index in [0.717, 1.165) is 22.5 Å². The van der Waals surface area contributed by atoms with Crippen molar-refractivity contribution in [2.75, 3.05) is 16.8 Å². The molecule has 1 amide bonds. The van der Waals surface area contributed by atoms with Crippen LogP contribution in [0, 0.1) is 0 Å². The van der Waals surface area contributed by atoms with Gasteiger partial charge in [-0.1, -0.05) is 60.7 Å². The molecule has 2 atom stereocenters. The van der Waals surface area contributed by atoms with Gasteiger partial charge in [-0.3, -0.25) is 10.1 Å². The first-order valence-corrected chi connectivity index (χ1v) is 9.43. The van der Waals surface area contributed by atoms with Crippen LogP contribution in [0.15, 0.2) is 84.9 Å². The van der Waals surface area contributed by atoms with Crippen molar-refractivity contribution in [2.24, 2.45) is 0 Å². The highest BCUT2D eigenvalue weighted by atomic mass is 16.3. The van der Waals surface area contributed by atoms with Crippen LogP contribution in [-0.4, -0.2) is 30.0 Å². The van der Waals surface area contributed by atoms with Gasteiger partial charge < -0.3 is 15.3 Å². The van der Waals surface area contributed by atoms with Crippen molar-refractivity contribution in [1.82, 2.24) is 5.32 Å². The Morgan fingerprint density at radius 3 is 2.14 bits per heavy atom. The average Bonchev–Trinajstić information content (AvgIpc) is 3.09. The fourth-order valence-electron chi connectivity index (χ4n) is 3.48. The van der Waals surface area contributed by atoms with Crippen molar-refractivity contribution in [3.05, 3.63) is 84.9 Å². The normalized spacial score (nSPS) is 17.5. The third-order valence-electron chi connectivity index (χ3n) is 4.93. The van der Waals surface area contributed by atoms with Gasteiger partial charge in [-0.2, -0.15) is 0 Å². The predicted molar refractivity (Wildman–Crippen MR) is 112 cm³/mol. The van der Waals surface area contributed by atoms with Gasteiger partial charge in [0, 0.05) is 17.9 Å². The van der Waals surface area contributed by atoms with Gasteiger partial charge in [-0.15, -0.1) is 0 Å². The summed E-state index contributed by atoms with van der Waals surface area (Å²) >= 11 is 0. The smallest absolute Gasteiger partial charge is 0.244 e. The molecule has 1 aliphatic heterocycles. The number of carbonyl (C=O) groups excluding carboxylic acids is 1. The summed E-state index contributed by atoms with van der Waals surface area (Å²) in [4.78, 5) is 14.5. The molecule has 3 aromatic rings. The van der Waals surface area contributed by atoms with Crippen molar-refractivity contribution < 1.29 is 9.90 Å². The number of anilines is 2. The fraction of sp³-hybridized carbons (Fsp3) is 0.174. The molecule has 4 rings (SSSR count). The lowest BCUT2D eigenvalue weighted by Gasteiger charge is -2.21. The van der Waals surface area contributed by atoms with Crippen molar-refractivity contribution in [1.29, 1.82) is 0 Å². The molecular weight excluding hydrogens is 350 g/mol. The molecule has 0 bridgehead atoms. The number of nitrogens with zero attached hydrogens (tertiary/aromatic N) is 1. The Hall–Kier alpha value is -3.15. The quantitative estimate of drug-likeness (QED) is 0.579. The lowest BCUT2D eigenvalue weighted by Crippen LogP contribution is -2.47. The topological polar surface area (TPSA) is 64.6 Å².